The van der Waals surface area contributed by atoms with E-state index in [9.17, 15) is 0 Å². The van der Waals surface area contributed by atoms with E-state index in [1.54, 1.807) is 48.5 Å². The lowest BCUT2D eigenvalue weighted by atomic mass is 9.97. The van der Waals surface area contributed by atoms with Crippen LogP contribution in [0.4, 0.5) is 0 Å². The van der Waals surface area contributed by atoms with Crippen LogP contribution in [-0.4, -0.2) is 0 Å². The minimum atomic E-state index is -0.111. The van der Waals surface area contributed by atoms with Gasteiger partial charge in [0.05, 0.1) is 22.8 Å². The van der Waals surface area contributed by atoms with E-state index in [4.69, 9.17) is 21.0 Å². The Morgan fingerprint density at radius 3 is 2.00 bits per heavy atom. The zero-order chi connectivity index (χ0) is 13.4. The Bertz CT molecular complexity index is 668. The van der Waals surface area contributed by atoms with Crippen LogP contribution in [0.1, 0.15) is 5.56 Å². The van der Waals surface area contributed by atoms with Gasteiger partial charge in [0.2, 0.25) is 0 Å². The highest BCUT2D eigenvalue weighted by atomic mass is 14.3. The maximum absolute atomic E-state index is 9.12. The molecule has 0 spiro atoms. The number of nitriles is 4. The van der Waals surface area contributed by atoms with Crippen molar-refractivity contribution >= 4 is 5.57 Å². The molecule has 0 amide bonds. The first-order valence-electron chi connectivity index (χ1n) is 4.88. The first-order chi connectivity index (χ1) is 8.78. The number of nitrogens with zero attached hydrogens (tertiary/aromatic N) is 4. The van der Waals surface area contributed by atoms with Crippen molar-refractivity contribution in [1.29, 1.82) is 21.0 Å². The fourth-order valence-corrected chi connectivity index (χ4v) is 1.35. The number of hydrogen-bond donors (Lipinski definition) is 0. The average molecular weight is 230 g/mol. The van der Waals surface area contributed by atoms with E-state index < -0.39 is 0 Å². The summed E-state index contributed by atoms with van der Waals surface area (Å²) in [5.41, 5.74) is 0.421. The summed E-state index contributed by atoms with van der Waals surface area (Å²) in [6.45, 7) is 0. The predicted octanol–water partition coefficient (Wildman–Crippen LogP) is 2.46. The van der Waals surface area contributed by atoms with Crippen LogP contribution in [-0.2, 0) is 0 Å². The average Bonchev–Trinajstić information content (AvgIpc) is 2.43. The summed E-state index contributed by atoms with van der Waals surface area (Å²) in [5, 5.41) is 35.6. The quantitative estimate of drug-likeness (QED) is 0.575. The molecular formula is C14H6N4. The van der Waals surface area contributed by atoms with Crippen molar-refractivity contribution < 1.29 is 0 Å². The monoisotopic (exact) mass is 230 g/mol. The fraction of sp³-hybridized carbons (Fsp3) is 0. The largest absolute Gasteiger partial charge is 0.193 e. The Labute approximate surface area is 105 Å². The van der Waals surface area contributed by atoms with Crippen molar-refractivity contribution in [2.45, 2.75) is 0 Å². The van der Waals surface area contributed by atoms with Gasteiger partial charge in [-0.2, -0.15) is 21.0 Å². The topological polar surface area (TPSA) is 95.2 Å². The first-order valence-corrected chi connectivity index (χ1v) is 4.88. The number of allylic oxidation sites excluding steroid dienone is 4. The molecule has 0 bridgehead atoms. The lowest BCUT2D eigenvalue weighted by molar-refractivity contribution is 1.42. The van der Waals surface area contributed by atoms with E-state index in [-0.39, 0.29) is 16.7 Å². The van der Waals surface area contributed by atoms with Gasteiger partial charge < -0.3 is 0 Å². The minimum Gasteiger partial charge on any atom is -0.193 e. The molecule has 4 heteroatoms. The highest BCUT2D eigenvalue weighted by Gasteiger charge is 2.13. The third kappa shape index (κ3) is 2.61. The molecule has 0 aromatic heterocycles. The first kappa shape index (κ1) is 12.7. The van der Waals surface area contributed by atoms with Gasteiger partial charge in [0.1, 0.15) is 18.2 Å². The van der Waals surface area contributed by atoms with E-state index in [1.807, 2.05) is 6.07 Å². The van der Waals surface area contributed by atoms with Gasteiger partial charge in [-0.05, 0) is 5.56 Å². The standard InChI is InChI=1S/C14H6N4/c15-7-6-12(8-16)14(10-18)13(9-17)11-4-2-1-3-5-11/h1-6H. The lowest BCUT2D eigenvalue weighted by Crippen LogP contribution is -1.91. The SMILES string of the molecule is N#CC=C(C#N)C(C#N)=C(C#N)c1ccccc1. The summed E-state index contributed by atoms with van der Waals surface area (Å²) in [6.07, 6.45) is 0.957. The second-order valence-corrected chi connectivity index (χ2v) is 3.14. The van der Waals surface area contributed by atoms with E-state index in [2.05, 4.69) is 0 Å². The second kappa shape index (κ2) is 6.29. The Kier molecular flexibility index (Phi) is 4.45. The van der Waals surface area contributed by atoms with Gasteiger partial charge in [0.25, 0.3) is 0 Å². The Hall–Kier alpha value is -3.34. The van der Waals surface area contributed by atoms with Crippen LogP contribution in [0.5, 0.6) is 0 Å². The summed E-state index contributed by atoms with van der Waals surface area (Å²) in [5.74, 6) is 0. The van der Waals surface area contributed by atoms with Gasteiger partial charge in [0, 0.05) is 6.08 Å². The highest BCUT2D eigenvalue weighted by Crippen LogP contribution is 2.22. The van der Waals surface area contributed by atoms with Crippen LogP contribution in [0.3, 0.4) is 0 Å². The van der Waals surface area contributed by atoms with Crippen molar-refractivity contribution in [3.8, 4) is 24.3 Å². The highest BCUT2D eigenvalue weighted by molar-refractivity contribution is 5.86. The molecule has 0 aliphatic rings. The van der Waals surface area contributed by atoms with Crippen LogP contribution in [0.15, 0.2) is 47.6 Å². The summed E-state index contributed by atoms with van der Waals surface area (Å²) in [6, 6.07) is 15.7. The molecule has 0 fully saturated rings. The van der Waals surface area contributed by atoms with Crippen LogP contribution >= 0.6 is 0 Å². The van der Waals surface area contributed by atoms with Gasteiger partial charge in [-0.15, -0.1) is 0 Å². The van der Waals surface area contributed by atoms with Crippen LogP contribution in [0, 0.1) is 45.3 Å². The fourth-order valence-electron chi connectivity index (χ4n) is 1.35. The van der Waals surface area contributed by atoms with Gasteiger partial charge in [-0.25, -0.2) is 0 Å². The molecule has 18 heavy (non-hydrogen) atoms. The normalized spacial score (nSPS) is 11.2. The molecule has 1 aromatic rings. The molecular weight excluding hydrogens is 224 g/mol. The minimum absolute atomic E-state index is 0.0844. The van der Waals surface area contributed by atoms with Crippen molar-refractivity contribution in [2.75, 3.05) is 0 Å². The molecule has 1 aromatic carbocycles. The van der Waals surface area contributed by atoms with Gasteiger partial charge in [0.15, 0.2) is 0 Å². The maximum atomic E-state index is 9.12. The smallest absolute Gasteiger partial charge is 0.102 e. The Morgan fingerprint density at radius 2 is 1.56 bits per heavy atom. The van der Waals surface area contributed by atoms with Crippen molar-refractivity contribution in [1.82, 2.24) is 0 Å². The van der Waals surface area contributed by atoms with Gasteiger partial charge >= 0.3 is 0 Å². The van der Waals surface area contributed by atoms with Crippen LogP contribution in [0.25, 0.3) is 5.57 Å². The third-order valence-corrected chi connectivity index (χ3v) is 2.13. The molecule has 0 aliphatic carbocycles. The molecule has 0 aliphatic heterocycles. The molecule has 0 radical (unpaired) electrons. The molecule has 0 atom stereocenters. The van der Waals surface area contributed by atoms with Crippen molar-refractivity contribution in [3.63, 3.8) is 0 Å². The zero-order valence-corrected chi connectivity index (χ0v) is 9.25. The van der Waals surface area contributed by atoms with Crippen molar-refractivity contribution in [3.05, 3.63) is 53.1 Å². The molecule has 0 N–H and O–H groups in total. The molecule has 0 saturated carbocycles. The van der Waals surface area contributed by atoms with E-state index >= 15 is 0 Å². The molecule has 1 rings (SSSR count). The molecule has 82 valence electrons. The summed E-state index contributed by atoms with van der Waals surface area (Å²) in [7, 11) is 0. The predicted molar refractivity (Wildman–Crippen MR) is 63.9 cm³/mol. The Balaban J connectivity index is 3.54. The molecule has 4 nitrogen and oxygen atoms in total. The molecule has 0 heterocycles. The summed E-state index contributed by atoms with van der Waals surface area (Å²) < 4.78 is 0. The third-order valence-electron chi connectivity index (χ3n) is 2.13. The van der Waals surface area contributed by atoms with Crippen molar-refractivity contribution in [2.24, 2.45) is 0 Å². The number of hydrogen-bond acceptors (Lipinski definition) is 4. The molecule has 0 unspecified atom stereocenters. The van der Waals surface area contributed by atoms with Gasteiger partial charge in [-0.3, -0.25) is 0 Å². The van der Waals surface area contributed by atoms with Gasteiger partial charge in [-0.1, -0.05) is 30.3 Å². The van der Waals surface area contributed by atoms with E-state index in [0.717, 1.165) is 6.08 Å². The van der Waals surface area contributed by atoms with Crippen LogP contribution < -0.4 is 0 Å². The Morgan fingerprint density at radius 1 is 0.889 bits per heavy atom. The summed E-state index contributed by atoms with van der Waals surface area (Å²) >= 11 is 0. The second-order valence-electron chi connectivity index (χ2n) is 3.14. The molecule has 0 saturated heterocycles. The lowest BCUT2D eigenvalue weighted by Gasteiger charge is -2.01. The van der Waals surface area contributed by atoms with E-state index in [1.165, 1.54) is 0 Å². The van der Waals surface area contributed by atoms with Crippen LogP contribution in [0.2, 0.25) is 0 Å². The zero-order valence-electron chi connectivity index (χ0n) is 9.25. The number of rotatable bonds is 2. The summed E-state index contributed by atoms with van der Waals surface area (Å²) in [4.78, 5) is 0. The number of benzene rings is 1. The van der Waals surface area contributed by atoms with E-state index in [0.29, 0.717) is 5.56 Å². The maximum Gasteiger partial charge on any atom is 0.102 e.